The normalized spacial score (nSPS) is 11.6. The van der Waals surface area contributed by atoms with Crippen LogP contribution in [0.3, 0.4) is 0 Å². The predicted octanol–water partition coefficient (Wildman–Crippen LogP) is 4.24. The molecule has 6 nitrogen and oxygen atoms in total. The number of nitrogens with one attached hydrogen (secondary N) is 1. The van der Waals surface area contributed by atoms with Crippen LogP contribution in [0.4, 0.5) is 4.39 Å². The van der Waals surface area contributed by atoms with Crippen LogP contribution in [0.2, 0.25) is 0 Å². The first-order valence-corrected chi connectivity index (χ1v) is 9.44. The third kappa shape index (κ3) is 6.28. The fourth-order valence-electron chi connectivity index (χ4n) is 2.62. The standard InChI is InChI=1S/C23H23FN2O4/c1-16(29-15-17-5-3-7-20(11-17)28-2)23(27)26-14-18-9-10-22(25-13-18)30-21-8-4-6-19(24)12-21/h3-13,16H,14-15H2,1-2H3,(H,26,27). The first-order valence-electron chi connectivity index (χ1n) is 9.44. The Balaban J connectivity index is 1.45. The van der Waals surface area contributed by atoms with Crippen molar-refractivity contribution >= 4 is 5.91 Å². The number of ether oxygens (including phenoxy) is 3. The molecule has 0 bridgehead atoms. The lowest BCUT2D eigenvalue weighted by Gasteiger charge is -2.14. The zero-order valence-corrected chi connectivity index (χ0v) is 16.8. The summed E-state index contributed by atoms with van der Waals surface area (Å²) in [7, 11) is 1.60. The van der Waals surface area contributed by atoms with Crippen LogP contribution in [-0.4, -0.2) is 24.1 Å². The Labute approximate surface area is 174 Å². The molecule has 0 radical (unpaired) electrons. The van der Waals surface area contributed by atoms with Gasteiger partial charge in [0.25, 0.3) is 0 Å². The third-order valence-corrected chi connectivity index (χ3v) is 4.29. The van der Waals surface area contributed by atoms with Crippen molar-refractivity contribution in [1.29, 1.82) is 0 Å². The molecule has 0 saturated heterocycles. The summed E-state index contributed by atoms with van der Waals surface area (Å²) in [5.41, 5.74) is 1.72. The second-order valence-electron chi connectivity index (χ2n) is 6.59. The second-order valence-corrected chi connectivity index (χ2v) is 6.59. The van der Waals surface area contributed by atoms with Crippen LogP contribution in [0.25, 0.3) is 0 Å². The van der Waals surface area contributed by atoms with Gasteiger partial charge in [0.05, 0.1) is 13.7 Å². The number of rotatable bonds is 9. The molecule has 0 aliphatic carbocycles. The average Bonchev–Trinajstić information content (AvgIpc) is 2.77. The maximum absolute atomic E-state index is 13.2. The highest BCUT2D eigenvalue weighted by Crippen LogP contribution is 2.20. The lowest BCUT2D eigenvalue weighted by atomic mass is 10.2. The van der Waals surface area contributed by atoms with Crippen molar-refractivity contribution in [3.63, 3.8) is 0 Å². The van der Waals surface area contributed by atoms with Gasteiger partial charge in [0.1, 0.15) is 23.4 Å². The van der Waals surface area contributed by atoms with E-state index in [1.807, 2.05) is 24.3 Å². The predicted molar refractivity (Wildman–Crippen MR) is 110 cm³/mol. The van der Waals surface area contributed by atoms with Crippen LogP contribution in [0.15, 0.2) is 66.9 Å². The Morgan fingerprint density at radius 1 is 1.07 bits per heavy atom. The number of carbonyl (C=O) groups is 1. The molecule has 0 fully saturated rings. The van der Waals surface area contributed by atoms with Crippen molar-refractivity contribution in [1.82, 2.24) is 10.3 Å². The summed E-state index contributed by atoms with van der Waals surface area (Å²) in [4.78, 5) is 16.4. The van der Waals surface area contributed by atoms with Crippen LogP contribution in [-0.2, 0) is 22.7 Å². The van der Waals surface area contributed by atoms with Gasteiger partial charge in [0.15, 0.2) is 0 Å². The minimum absolute atomic E-state index is 0.224. The summed E-state index contributed by atoms with van der Waals surface area (Å²) in [5, 5.41) is 2.82. The SMILES string of the molecule is COc1cccc(COC(C)C(=O)NCc2ccc(Oc3cccc(F)c3)nc2)c1. The number of benzene rings is 2. The average molecular weight is 410 g/mol. The fraction of sp³-hybridized carbons (Fsp3) is 0.217. The van der Waals surface area contributed by atoms with Gasteiger partial charge in [-0.2, -0.15) is 0 Å². The molecule has 0 saturated carbocycles. The van der Waals surface area contributed by atoms with Crippen LogP contribution in [0.5, 0.6) is 17.4 Å². The van der Waals surface area contributed by atoms with Crippen molar-refractivity contribution in [2.45, 2.75) is 26.2 Å². The molecule has 3 rings (SSSR count). The van der Waals surface area contributed by atoms with Gasteiger partial charge in [-0.3, -0.25) is 4.79 Å². The molecule has 1 heterocycles. The number of hydrogen-bond donors (Lipinski definition) is 1. The molecule has 0 aliphatic heterocycles. The molecule has 1 unspecified atom stereocenters. The van der Waals surface area contributed by atoms with Crippen molar-refractivity contribution < 1.29 is 23.4 Å². The summed E-state index contributed by atoms with van der Waals surface area (Å²) in [6, 6.07) is 16.8. The Morgan fingerprint density at radius 2 is 1.87 bits per heavy atom. The fourth-order valence-corrected chi connectivity index (χ4v) is 2.62. The second kappa shape index (κ2) is 10.4. The minimum Gasteiger partial charge on any atom is -0.497 e. The Bertz CT molecular complexity index is 979. The van der Waals surface area contributed by atoms with Crippen molar-refractivity contribution in [3.8, 4) is 17.4 Å². The number of hydrogen-bond acceptors (Lipinski definition) is 5. The molecule has 0 aliphatic rings. The highest BCUT2D eigenvalue weighted by atomic mass is 19.1. The highest BCUT2D eigenvalue weighted by molar-refractivity contribution is 5.80. The van der Waals surface area contributed by atoms with E-state index in [1.54, 1.807) is 44.5 Å². The van der Waals surface area contributed by atoms with E-state index in [0.717, 1.165) is 16.9 Å². The monoisotopic (exact) mass is 410 g/mol. The van der Waals surface area contributed by atoms with Crippen molar-refractivity contribution in [3.05, 3.63) is 83.8 Å². The molecule has 7 heteroatoms. The highest BCUT2D eigenvalue weighted by Gasteiger charge is 2.13. The van der Waals surface area contributed by atoms with E-state index in [9.17, 15) is 9.18 Å². The summed E-state index contributed by atoms with van der Waals surface area (Å²) >= 11 is 0. The number of carbonyl (C=O) groups excluding carboxylic acids is 1. The number of methoxy groups -OCH3 is 1. The zero-order valence-electron chi connectivity index (χ0n) is 16.8. The molecule has 1 N–H and O–H groups in total. The Hall–Kier alpha value is -3.45. The maximum Gasteiger partial charge on any atom is 0.249 e. The lowest BCUT2D eigenvalue weighted by molar-refractivity contribution is -0.132. The smallest absolute Gasteiger partial charge is 0.249 e. The maximum atomic E-state index is 13.2. The van der Waals surface area contributed by atoms with Gasteiger partial charge in [-0.05, 0) is 42.3 Å². The number of aromatic nitrogens is 1. The van der Waals surface area contributed by atoms with E-state index in [0.29, 0.717) is 24.8 Å². The summed E-state index contributed by atoms with van der Waals surface area (Å²) < 4.78 is 29.5. The van der Waals surface area contributed by atoms with E-state index in [-0.39, 0.29) is 11.7 Å². The first-order chi connectivity index (χ1) is 14.5. The molecule has 3 aromatic rings. The van der Waals surface area contributed by atoms with Gasteiger partial charge in [-0.25, -0.2) is 9.37 Å². The van der Waals surface area contributed by atoms with E-state index in [2.05, 4.69) is 10.3 Å². The van der Waals surface area contributed by atoms with Crippen LogP contribution >= 0.6 is 0 Å². The van der Waals surface area contributed by atoms with Crippen molar-refractivity contribution in [2.24, 2.45) is 0 Å². The third-order valence-electron chi connectivity index (χ3n) is 4.29. The number of nitrogens with zero attached hydrogens (tertiary/aromatic N) is 1. The Morgan fingerprint density at radius 3 is 2.60 bits per heavy atom. The molecular weight excluding hydrogens is 387 g/mol. The van der Waals surface area contributed by atoms with E-state index < -0.39 is 6.10 Å². The van der Waals surface area contributed by atoms with Gasteiger partial charge in [-0.1, -0.05) is 24.3 Å². The first kappa shape index (κ1) is 21.3. The van der Waals surface area contributed by atoms with E-state index in [4.69, 9.17) is 14.2 Å². The van der Waals surface area contributed by atoms with Gasteiger partial charge >= 0.3 is 0 Å². The van der Waals surface area contributed by atoms with Crippen LogP contribution in [0.1, 0.15) is 18.1 Å². The molecule has 30 heavy (non-hydrogen) atoms. The quantitative estimate of drug-likeness (QED) is 0.571. The number of pyridine rings is 1. The minimum atomic E-state index is -0.611. The molecule has 1 amide bonds. The van der Waals surface area contributed by atoms with Gasteiger partial charge in [0, 0.05) is 24.9 Å². The molecular formula is C23H23FN2O4. The van der Waals surface area contributed by atoms with Gasteiger partial charge in [0.2, 0.25) is 11.8 Å². The van der Waals surface area contributed by atoms with Crippen LogP contribution in [0, 0.1) is 5.82 Å². The molecule has 2 aromatic carbocycles. The molecule has 156 valence electrons. The zero-order chi connectivity index (χ0) is 21.3. The Kier molecular flexibility index (Phi) is 7.34. The van der Waals surface area contributed by atoms with Crippen LogP contribution < -0.4 is 14.8 Å². The largest absolute Gasteiger partial charge is 0.497 e. The number of halogens is 1. The molecule has 0 spiro atoms. The molecule has 1 aromatic heterocycles. The van der Waals surface area contributed by atoms with Crippen molar-refractivity contribution in [2.75, 3.05) is 7.11 Å². The topological polar surface area (TPSA) is 69.7 Å². The summed E-state index contributed by atoms with van der Waals surface area (Å²) in [5.74, 6) is 0.842. The molecule has 1 atom stereocenters. The lowest BCUT2D eigenvalue weighted by Crippen LogP contribution is -2.34. The van der Waals surface area contributed by atoms with Gasteiger partial charge < -0.3 is 19.5 Å². The van der Waals surface area contributed by atoms with E-state index in [1.165, 1.54) is 12.1 Å². The summed E-state index contributed by atoms with van der Waals surface area (Å²) in [6.45, 7) is 2.31. The summed E-state index contributed by atoms with van der Waals surface area (Å²) in [6.07, 6.45) is 0.983. The number of amides is 1. The van der Waals surface area contributed by atoms with E-state index >= 15 is 0 Å². The van der Waals surface area contributed by atoms with Gasteiger partial charge in [-0.15, -0.1) is 0 Å².